The van der Waals surface area contributed by atoms with Gasteiger partial charge < -0.3 is 14.6 Å². The molecule has 1 aromatic heterocycles. The van der Waals surface area contributed by atoms with Gasteiger partial charge in [0.1, 0.15) is 0 Å². The summed E-state index contributed by atoms with van der Waals surface area (Å²) < 4.78 is 83.4. The van der Waals surface area contributed by atoms with Crippen LogP contribution in [0, 0.1) is 11.7 Å². The molecule has 3 aliphatic rings. The van der Waals surface area contributed by atoms with E-state index < -0.39 is 28.0 Å². The minimum absolute atomic E-state index is 0.0332. The van der Waals surface area contributed by atoms with Crippen LogP contribution in [0.1, 0.15) is 38.5 Å². The Kier molecular flexibility index (Phi) is 7.84. The summed E-state index contributed by atoms with van der Waals surface area (Å²) in [7, 11) is -3.11. The van der Waals surface area contributed by atoms with Gasteiger partial charge in [-0.1, -0.05) is 0 Å². The van der Waals surface area contributed by atoms with Gasteiger partial charge in [0.15, 0.2) is 5.82 Å². The summed E-state index contributed by atoms with van der Waals surface area (Å²) in [6.07, 6.45) is 1.15. The maximum Gasteiger partial charge on any atom is 0.490 e. The van der Waals surface area contributed by atoms with E-state index in [0.29, 0.717) is 32.2 Å². The second-order valence-electron chi connectivity index (χ2n) is 8.27. The Morgan fingerprint density at radius 3 is 2.45 bits per heavy atom. The Hall–Kier alpha value is -1.99. The summed E-state index contributed by atoms with van der Waals surface area (Å²) in [6.45, 7) is 2.14. The summed E-state index contributed by atoms with van der Waals surface area (Å²) in [4.78, 5) is 12.8. The molecule has 2 saturated heterocycles. The monoisotopic (exact) mass is 498 g/mol. The number of rotatable bonds is 6. The number of carbonyl (C=O) groups is 1. The molecule has 13 heteroatoms. The Balaban J connectivity index is 0.000000383. The molecule has 0 radical (unpaired) electrons. The van der Waals surface area contributed by atoms with Gasteiger partial charge in [-0.05, 0) is 56.6 Å². The van der Waals surface area contributed by atoms with Crippen LogP contribution in [0.4, 0.5) is 17.6 Å². The second kappa shape index (κ2) is 10.1. The Morgan fingerprint density at radius 2 is 1.91 bits per heavy atom. The van der Waals surface area contributed by atoms with Crippen molar-refractivity contribution in [3.8, 4) is 5.88 Å². The highest BCUT2D eigenvalue weighted by molar-refractivity contribution is 7.90. The van der Waals surface area contributed by atoms with E-state index in [1.54, 1.807) is 4.31 Å². The second-order valence-corrected chi connectivity index (χ2v) is 10.5. The SMILES string of the molecule is O=C(O)C(F)(F)F.O=S(=O)(C1CC1)N1CCC2(CC1)OCCC2CCOc1ncccc1F. The Labute approximate surface area is 188 Å². The molecule has 0 amide bonds. The van der Waals surface area contributed by atoms with E-state index in [2.05, 4.69) is 4.98 Å². The Morgan fingerprint density at radius 1 is 1.27 bits per heavy atom. The number of pyridine rings is 1. The number of halogens is 4. The van der Waals surface area contributed by atoms with Crippen molar-refractivity contribution in [2.75, 3.05) is 26.3 Å². The molecule has 1 saturated carbocycles. The van der Waals surface area contributed by atoms with Gasteiger partial charge >= 0.3 is 12.1 Å². The van der Waals surface area contributed by atoms with Gasteiger partial charge in [0.25, 0.3) is 0 Å². The lowest BCUT2D eigenvalue weighted by atomic mass is 9.78. The maximum absolute atomic E-state index is 13.6. The fraction of sp³-hybridized carbons (Fsp3) is 0.700. The first-order valence-corrected chi connectivity index (χ1v) is 12.1. The minimum Gasteiger partial charge on any atom is -0.476 e. The first kappa shape index (κ1) is 25.6. The molecule has 186 valence electrons. The number of ether oxygens (including phenoxy) is 2. The van der Waals surface area contributed by atoms with Crippen molar-refractivity contribution >= 4 is 16.0 Å². The molecule has 0 aromatic carbocycles. The zero-order valence-electron chi connectivity index (χ0n) is 17.8. The number of hydrogen-bond acceptors (Lipinski definition) is 6. The number of aliphatic carboxylic acids is 1. The first-order chi connectivity index (χ1) is 15.5. The molecule has 8 nitrogen and oxygen atoms in total. The van der Waals surface area contributed by atoms with Crippen molar-refractivity contribution in [3.05, 3.63) is 24.1 Å². The van der Waals surface area contributed by atoms with Crippen molar-refractivity contribution in [3.63, 3.8) is 0 Å². The van der Waals surface area contributed by atoms with Gasteiger partial charge in [-0.2, -0.15) is 13.2 Å². The highest BCUT2D eigenvalue weighted by Gasteiger charge is 2.49. The number of alkyl halides is 3. The molecule has 1 spiro atoms. The largest absolute Gasteiger partial charge is 0.490 e. The molecule has 1 N–H and O–H groups in total. The third-order valence-electron chi connectivity index (χ3n) is 6.15. The van der Waals surface area contributed by atoms with E-state index in [1.807, 2.05) is 0 Å². The Bertz CT molecular complexity index is 931. The number of hydrogen-bond donors (Lipinski definition) is 1. The van der Waals surface area contributed by atoms with Gasteiger partial charge in [0.2, 0.25) is 15.9 Å². The third kappa shape index (κ3) is 6.33. The lowest BCUT2D eigenvalue weighted by molar-refractivity contribution is -0.192. The van der Waals surface area contributed by atoms with Crippen molar-refractivity contribution in [2.24, 2.45) is 5.92 Å². The van der Waals surface area contributed by atoms with E-state index >= 15 is 0 Å². The molecule has 2 aliphatic heterocycles. The standard InChI is InChI=1S/C18H25FN2O4S.C2HF3O2/c19-16-2-1-9-20-17(16)24-12-5-14-6-13-25-18(14)7-10-21(11-8-18)26(22,23)15-3-4-15;3-2(4,5)1(6)7/h1-2,9,14-15H,3-8,10-13H2;(H,6,7). The fourth-order valence-corrected chi connectivity index (χ4v) is 6.06. The highest BCUT2D eigenvalue weighted by Crippen LogP contribution is 2.44. The highest BCUT2D eigenvalue weighted by atomic mass is 32.2. The molecule has 3 fully saturated rings. The number of piperidine rings is 1. The van der Waals surface area contributed by atoms with Crippen LogP contribution >= 0.6 is 0 Å². The molecule has 1 aliphatic carbocycles. The van der Waals surface area contributed by atoms with Gasteiger partial charge in [-0.25, -0.2) is 26.9 Å². The van der Waals surface area contributed by atoms with Crippen LogP contribution in [-0.4, -0.2) is 72.1 Å². The van der Waals surface area contributed by atoms with Crippen LogP contribution in [-0.2, 0) is 19.6 Å². The van der Waals surface area contributed by atoms with Crippen LogP contribution < -0.4 is 4.74 Å². The topological polar surface area (TPSA) is 106 Å². The number of sulfonamides is 1. The van der Waals surface area contributed by atoms with Crippen LogP contribution in [0.2, 0.25) is 0 Å². The molecular weight excluding hydrogens is 472 g/mol. The number of aromatic nitrogens is 1. The third-order valence-corrected chi connectivity index (χ3v) is 8.55. The van der Waals surface area contributed by atoms with Crippen LogP contribution in [0.3, 0.4) is 0 Å². The van der Waals surface area contributed by atoms with Gasteiger partial charge in [-0.3, -0.25) is 0 Å². The molecule has 1 unspecified atom stereocenters. The summed E-state index contributed by atoms with van der Waals surface area (Å²) >= 11 is 0. The lowest BCUT2D eigenvalue weighted by Crippen LogP contribution is -2.50. The zero-order valence-corrected chi connectivity index (χ0v) is 18.6. The summed E-state index contributed by atoms with van der Waals surface area (Å²) in [5.41, 5.74) is -0.262. The predicted molar refractivity (Wildman–Crippen MR) is 108 cm³/mol. The van der Waals surface area contributed by atoms with Crippen LogP contribution in [0.15, 0.2) is 18.3 Å². The normalized spacial score (nSPS) is 23.1. The predicted octanol–water partition coefficient (Wildman–Crippen LogP) is 2.99. The molecule has 1 atom stereocenters. The smallest absolute Gasteiger partial charge is 0.476 e. The van der Waals surface area contributed by atoms with Crippen molar-refractivity contribution in [2.45, 2.75) is 55.6 Å². The lowest BCUT2D eigenvalue weighted by Gasteiger charge is -2.41. The number of carboxylic acids is 1. The number of nitrogens with zero attached hydrogens (tertiary/aromatic N) is 2. The van der Waals surface area contributed by atoms with Gasteiger partial charge in [-0.15, -0.1) is 0 Å². The molecule has 33 heavy (non-hydrogen) atoms. The van der Waals surface area contributed by atoms with Gasteiger partial charge in [0.05, 0.1) is 17.5 Å². The van der Waals surface area contributed by atoms with Crippen molar-refractivity contribution < 1.29 is 45.4 Å². The summed E-state index contributed by atoms with van der Waals surface area (Å²) in [5, 5.41) is 6.97. The molecule has 0 bridgehead atoms. The summed E-state index contributed by atoms with van der Waals surface area (Å²) in [6, 6.07) is 2.87. The molecular formula is C20H26F4N2O6S. The minimum atomic E-state index is -5.08. The first-order valence-electron chi connectivity index (χ1n) is 10.6. The van der Waals surface area contributed by atoms with Gasteiger partial charge in [0, 0.05) is 25.9 Å². The van der Waals surface area contributed by atoms with Crippen molar-refractivity contribution in [1.29, 1.82) is 0 Å². The zero-order chi connectivity index (χ0) is 24.3. The van der Waals surface area contributed by atoms with E-state index in [-0.39, 0.29) is 16.7 Å². The molecule has 1 aromatic rings. The average molecular weight is 498 g/mol. The van der Waals surface area contributed by atoms with E-state index in [0.717, 1.165) is 38.5 Å². The van der Waals surface area contributed by atoms with E-state index in [9.17, 15) is 26.0 Å². The number of carboxylic acid groups (broad SMARTS) is 1. The fourth-order valence-electron chi connectivity index (χ4n) is 4.22. The van der Waals surface area contributed by atoms with Crippen molar-refractivity contribution in [1.82, 2.24) is 9.29 Å². The van der Waals surface area contributed by atoms with E-state index in [1.165, 1.54) is 18.3 Å². The van der Waals surface area contributed by atoms with E-state index in [4.69, 9.17) is 19.4 Å². The molecule has 3 heterocycles. The quantitative estimate of drug-likeness (QED) is 0.601. The average Bonchev–Trinajstić information content (AvgIpc) is 3.55. The summed E-state index contributed by atoms with van der Waals surface area (Å²) in [5.74, 6) is -2.87. The van der Waals surface area contributed by atoms with Crippen LogP contribution in [0.5, 0.6) is 5.88 Å². The van der Waals surface area contributed by atoms with Crippen LogP contribution in [0.25, 0.3) is 0 Å². The molecule has 4 rings (SSSR count). The maximum atomic E-state index is 13.6.